The van der Waals surface area contributed by atoms with E-state index >= 15 is 0 Å². The van der Waals surface area contributed by atoms with Gasteiger partial charge >= 0.3 is 5.69 Å². The quantitative estimate of drug-likeness (QED) is 0.402. The van der Waals surface area contributed by atoms with Crippen LogP contribution in [-0.2, 0) is 0 Å². The Labute approximate surface area is 118 Å². The maximum atomic E-state index is 11.0. The first-order chi connectivity index (χ1) is 9.70. The monoisotopic (exact) mass is 282 g/mol. The standard InChI is InChI=1S/C13H22N4O3/c1-3-4-5-6-7-8-9-20-13-11(17(18)19)12(14-2)15-10-16-13/h10H,3-9H2,1-2H3,(H,14,15,16). The van der Waals surface area contributed by atoms with E-state index in [9.17, 15) is 10.1 Å². The van der Waals surface area contributed by atoms with Gasteiger partial charge in [0.2, 0.25) is 5.82 Å². The highest BCUT2D eigenvalue weighted by Gasteiger charge is 2.23. The largest absolute Gasteiger partial charge is 0.473 e. The molecule has 0 radical (unpaired) electrons. The van der Waals surface area contributed by atoms with Gasteiger partial charge in [0.25, 0.3) is 5.88 Å². The van der Waals surface area contributed by atoms with Crippen molar-refractivity contribution < 1.29 is 9.66 Å². The van der Waals surface area contributed by atoms with E-state index in [0.717, 1.165) is 12.8 Å². The van der Waals surface area contributed by atoms with Crippen molar-refractivity contribution >= 4 is 11.5 Å². The molecule has 0 aromatic carbocycles. The highest BCUT2D eigenvalue weighted by molar-refractivity contribution is 5.60. The summed E-state index contributed by atoms with van der Waals surface area (Å²) in [4.78, 5) is 18.1. The topological polar surface area (TPSA) is 90.2 Å². The summed E-state index contributed by atoms with van der Waals surface area (Å²) in [6, 6.07) is 0. The van der Waals surface area contributed by atoms with E-state index in [1.54, 1.807) is 7.05 Å². The predicted octanol–water partition coefficient (Wildman–Crippen LogP) is 3.17. The van der Waals surface area contributed by atoms with Crippen LogP contribution in [0.15, 0.2) is 6.33 Å². The molecular formula is C13H22N4O3. The summed E-state index contributed by atoms with van der Waals surface area (Å²) in [6.45, 7) is 2.61. The normalized spacial score (nSPS) is 10.3. The van der Waals surface area contributed by atoms with Crippen LogP contribution in [0, 0.1) is 10.1 Å². The molecule has 112 valence electrons. The van der Waals surface area contributed by atoms with Crippen molar-refractivity contribution in [3.05, 3.63) is 16.4 Å². The molecule has 0 aliphatic rings. The molecule has 0 bridgehead atoms. The molecule has 0 aliphatic heterocycles. The molecule has 7 nitrogen and oxygen atoms in total. The van der Waals surface area contributed by atoms with Gasteiger partial charge in [-0.15, -0.1) is 0 Å². The molecule has 0 atom stereocenters. The van der Waals surface area contributed by atoms with Crippen molar-refractivity contribution in [1.29, 1.82) is 0 Å². The Morgan fingerprint density at radius 2 is 1.95 bits per heavy atom. The predicted molar refractivity (Wildman–Crippen MR) is 77.1 cm³/mol. The Kier molecular flexibility index (Phi) is 7.31. The molecule has 1 rings (SSSR count). The lowest BCUT2D eigenvalue weighted by Crippen LogP contribution is -2.06. The van der Waals surface area contributed by atoms with E-state index in [2.05, 4.69) is 22.2 Å². The maximum absolute atomic E-state index is 11.0. The Morgan fingerprint density at radius 3 is 2.60 bits per heavy atom. The van der Waals surface area contributed by atoms with Crippen molar-refractivity contribution in [2.24, 2.45) is 0 Å². The molecule has 1 heterocycles. The molecule has 20 heavy (non-hydrogen) atoms. The maximum Gasteiger partial charge on any atom is 0.372 e. The second-order valence-electron chi connectivity index (χ2n) is 4.50. The van der Waals surface area contributed by atoms with E-state index in [0.29, 0.717) is 6.61 Å². The second-order valence-corrected chi connectivity index (χ2v) is 4.50. The number of hydrogen-bond donors (Lipinski definition) is 1. The molecule has 0 spiro atoms. The molecule has 1 N–H and O–H groups in total. The van der Waals surface area contributed by atoms with Crippen LogP contribution in [0.4, 0.5) is 11.5 Å². The number of ether oxygens (including phenoxy) is 1. The fourth-order valence-electron chi connectivity index (χ4n) is 1.87. The van der Waals surface area contributed by atoms with Crippen LogP contribution in [0.3, 0.4) is 0 Å². The number of aromatic nitrogens is 2. The van der Waals surface area contributed by atoms with E-state index < -0.39 is 4.92 Å². The summed E-state index contributed by atoms with van der Waals surface area (Å²) < 4.78 is 5.41. The van der Waals surface area contributed by atoms with Crippen LogP contribution in [0.1, 0.15) is 45.4 Å². The van der Waals surface area contributed by atoms with Crippen LogP contribution in [0.2, 0.25) is 0 Å². The minimum atomic E-state index is -0.525. The van der Waals surface area contributed by atoms with Gasteiger partial charge in [0.05, 0.1) is 11.5 Å². The van der Waals surface area contributed by atoms with Gasteiger partial charge in [-0.25, -0.2) is 4.98 Å². The first-order valence-electron chi connectivity index (χ1n) is 7.00. The zero-order valence-corrected chi connectivity index (χ0v) is 12.1. The van der Waals surface area contributed by atoms with Gasteiger partial charge in [0, 0.05) is 7.05 Å². The van der Waals surface area contributed by atoms with Crippen molar-refractivity contribution in [3.63, 3.8) is 0 Å². The lowest BCUT2D eigenvalue weighted by molar-refractivity contribution is -0.385. The number of unbranched alkanes of at least 4 members (excludes halogenated alkanes) is 5. The van der Waals surface area contributed by atoms with Gasteiger partial charge < -0.3 is 10.1 Å². The third-order valence-electron chi connectivity index (χ3n) is 2.94. The zero-order chi connectivity index (χ0) is 14.8. The molecule has 0 unspecified atom stereocenters. The molecule has 0 aliphatic carbocycles. The first-order valence-corrected chi connectivity index (χ1v) is 7.00. The van der Waals surface area contributed by atoms with E-state index in [-0.39, 0.29) is 17.4 Å². The van der Waals surface area contributed by atoms with Gasteiger partial charge in [0.1, 0.15) is 6.33 Å². The summed E-state index contributed by atoms with van der Waals surface area (Å²) >= 11 is 0. The molecular weight excluding hydrogens is 260 g/mol. The number of hydrogen-bond acceptors (Lipinski definition) is 6. The number of nitrogens with one attached hydrogen (secondary N) is 1. The minimum absolute atomic E-state index is 0.0305. The highest BCUT2D eigenvalue weighted by Crippen LogP contribution is 2.30. The van der Waals surface area contributed by atoms with Gasteiger partial charge in [-0.05, 0) is 6.42 Å². The number of nitro groups is 1. The third kappa shape index (κ3) is 4.99. The SMILES string of the molecule is CCCCCCCCOc1ncnc(NC)c1[N+](=O)[O-]. The second kappa shape index (κ2) is 9.06. The van der Waals surface area contributed by atoms with E-state index in [1.165, 1.54) is 32.0 Å². The van der Waals surface area contributed by atoms with E-state index in [4.69, 9.17) is 4.74 Å². The molecule has 1 aromatic heterocycles. The Morgan fingerprint density at radius 1 is 1.25 bits per heavy atom. The Hall–Kier alpha value is -1.92. The van der Waals surface area contributed by atoms with Crippen LogP contribution in [0.5, 0.6) is 5.88 Å². The molecule has 1 aromatic rings. The van der Waals surface area contributed by atoms with Crippen LogP contribution in [0.25, 0.3) is 0 Å². The Bertz CT molecular complexity index is 426. The van der Waals surface area contributed by atoms with E-state index in [1.807, 2.05) is 0 Å². The van der Waals surface area contributed by atoms with Gasteiger partial charge in [-0.1, -0.05) is 39.0 Å². The number of rotatable bonds is 10. The summed E-state index contributed by atoms with van der Waals surface area (Å²) in [5.74, 6) is 0.200. The molecule has 0 saturated carbocycles. The lowest BCUT2D eigenvalue weighted by Gasteiger charge is -2.07. The average molecular weight is 282 g/mol. The van der Waals surface area contributed by atoms with Crippen molar-refractivity contribution in [2.75, 3.05) is 19.0 Å². The summed E-state index contributed by atoms with van der Waals surface area (Å²) in [5.41, 5.74) is -0.207. The van der Waals surface area contributed by atoms with Crippen LogP contribution < -0.4 is 10.1 Å². The number of nitrogens with zero attached hydrogens (tertiary/aromatic N) is 3. The average Bonchev–Trinajstić information content (AvgIpc) is 2.45. The fraction of sp³-hybridized carbons (Fsp3) is 0.692. The fourth-order valence-corrected chi connectivity index (χ4v) is 1.87. The number of anilines is 1. The lowest BCUT2D eigenvalue weighted by atomic mass is 10.1. The summed E-state index contributed by atoms with van der Waals surface area (Å²) in [6.07, 6.45) is 8.08. The van der Waals surface area contributed by atoms with Gasteiger partial charge in [0.15, 0.2) is 0 Å². The minimum Gasteiger partial charge on any atom is -0.473 e. The smallest absolute Gasteiger partial charge is 0.372 e. The first kappa shape index (κ1) is 16.1. The van der Waals surface area contributed by atoms with Crippen LogP contribution >= 0.6 is 0 Å². The van der Waals surface area contributed by atoms with Gasteiger partial charge in [-0.3, -0.25) is 10.1 Å². The third-order valence-corrected chi connectivity index (χ3v) is 2.94. The molecule has 0 amide bonds. The highest BCUT2D eigenvalue weighted by atomic mass is 16.6. The Balaban J connectivity index is 2.45. The van der Waals surface area contributed by atoms with Crippen molar-refractivity contribution in [2.45, 2.75) is 45.4 Å². The molecule has 0 fully saturated rings. The summed E-state index contributed by atoms with van der Waals surface area (Å²) in [7, 11) is 1.58. The summed E-state index contributed by atoms with van der Waals surface area (Å²) in [5, 5.41) is 13.7. The van der Waals surface area contributed by atoms with Crippen molar-refractivity contribution in [1.82, 2.24) is 9.97 Å². The van der Waals surface area contributed by atoms with Crippen molar-refractivity contribution in [3.8, 4) is 5.88 Å². The zero-order valence-electron chi connectivity index (χ0n) is 12.1. The molecule has 0 saturated heterocycles. The molecule has 7 heteroatoms. The van der Waals surface area contributed by atoms with Crippen LogP contribution in [-0.4, -0.2) is 28.5 Å². The van der Waals surface area contributed by atoms with Gasteiger partial charge in [-0.2, -0.15) is 4.98 Å².